The number of para-hydroxylation sites is 1. The minimum absolute atomic E-state index is 0.150. The lowest BCUT2D eigenvalue weighted by atomic mass is 10.2. The van der Waals surface area contributed by atoms with E-state index in [4.69, 9.17) is 14.6 Å². The van der Waals surface area contributed by atoms with Crippen molar-refractivity contribution in [2.24, 2.45) is 0 Å². The topological polar surface area (TPSA) is 63.5 Å². The Balaban J connectivity index is 2.42. The summed E-state index contributed by atoms with van der Waals surface area (Å²) in [5, 5.41) is 12.9. The smallest absolute Gasteiger partial charge is 0.225 e. The number of hydrogen-bond donors (Lipinski definition) is 1. The Morgan fingerprint density at radius 1 is 1.41 bits per heavy atom. The first-order chi connectivity index (χ1) is 8.29. The van der Waals surface area contributed by atoms with Crippen molar-refractivity contribution < 1.29 is 9.15 Å². The third kappa shape index (κ3) is 1.52. The van der Waals surface area contributed by atoms with Gasteiger partial charge in [0.05, 0.1) is 23.2 Å². The molecule has 0 atom stereocenters. The van der Waals surface area contributed by atoms with Crippen LogP contribution in [-0.2, 0) is 11.3 Å². The summed E-state index contributed by atoms with van der Waals surface area (Å²) in [6.45, 7) is 0.429. The van der Waals surface area contributed by atoms with Gasteiger partial charge in [-0.2, -0.15) is 9.61 Å². The molecule has 0 aliphatic carbocycles. The number of nitrogens with one attached hydrogen (secondary N) is 1. The van der Waals surface area contributed by atoms with Crippen molar-refractivity contribution in [2.75, 3.05) is 7.11 Å². The molecule has 2 heterocycles. The van der Waals surface area contributed by atoms with Gasteiger partial charge in [0.1, 0.15) is 0 Å². The number of fused-ring (bicyclic) bond motifs is 3. The first-order valence-corrected chi connectivity index (χ1v) is 5.23. The molecule has 86 valence electrons. The van der Waals surface area contributed by atoms with Crippen LogP contribution in [0.1, 0.15) is 5.69 Å². The average Bonchev–Trinajstić information content (AvgIpc) is 2.73. The van der Waals surface area contributed by atoms with E-state index in [1.54, 1.807) is 17.7 Å². The quantitative estimate of drug-likeness (QED) is 0.727. The molecule has 3 aromatic rings. The summed E-state index contributed by atoms with van der Waals surface area (Å²) in [4.78, 5) is 0. The van der Waals surface area contributed by atoms with Gasteiger partial charge in [-0.15, -0.1) is 0 Å². The number of benzene rings is 1. The molecule has 0 unspecified atom stereocenters. The summed E-state index contributed by atoms with van der Waals surface area (Å²) in [5.41, 5.74) is 2.35. The summed E-state index contributed by atoms with van der Waals surface area (Å²) < 4.78 is 12.1. The third-order valence-electron chi connectivity index (χ3n) is 2.60. The van der Waals surface area contributed by atoms with E-state index in [0.717, 1.165) is 16.6 Å². The van der Waals surface area contributed by atoms with Gasteiger partial charge in [-0.25, -0.2) is 0 Å². The molecule has 3 rings (SSSR count). The molecule has 0 aliphatic rings. The van der Waals surface area contributed by atoms with Crippen molar-refractivity contribution in [1.29, 1.82) is 5.41 Å². The van der Waals surface area contributed by atoms with Gasteiger partial charge in [0.25, 0.3) is 0 Å². The number of nitrogens with zero attached hydrogens (tertiary/aromatic N) is 2. The van der Waals surface area contributed by atoms with Gasteiger partial charge in [0.2, 0.25) is 11.3 Å². The second-order valence-corrected chi connectivity index (χ2v) is 3.77. The first-order valence-electron chi connectivity index (χ1n) is 5.23. The van der Waals surface area contributed by atoms with Gasteiger partial charge in [0, 0.05) is 13.2 Å². The molecule has 0 radical (unpaired) electrons. The fraction of sp³-hybridized carbons (Fsp3) is 0.167. The summed E-state index contributed by atoms with van der Waals surface area (Å²) in [6.07, 6.45) is 0. The number of rotatable bonds is 2. The minimum atomic E-state index is 0.150. The fourth-order valence-electron chi connectivity index (χ4n) is 1.88. The standard InChI is InChI=1S/C12H11N3O2/c1-16-7-8-6-11-15(14-8)10-5-3-2-4-9(10)12(13)17-11/h2-6,13H,7H2,1H3. The van der Waals surface area contributed by atoms with Crippen LogP contribution >= 0.6 is 0 Å². The summed E-state index contributed by atoms with van der Waals surface area (Å²) in [5.74, 6) is 0. The molecule has 0 fully saturated rings. The number of hydrogen-bond acceptors (Lipinski definition) is 4. The Hall–Kier alpha value is -2.14. The molecule has 0 bridgehead atoms. The van der Waals surface area contributed by atoms with Crippen LogP contribution in [0.2, 0.25) is 0 Å². The van der Waals surface area contributed by atoms with Gasteiger partial charge in [-0.05, 0) is 12.1 Å². The van der Waals surface area contributed by atoms with Crippen LogP contribution in [0.3, 0.4) is 0 Å². The maximum Gasteiger partial charge on any atom is 0.225 e. The van der Waals surface area contributed by atoms with Crippen molar-refractivity contribution in [1.82, 2.24) is 9.61 Å². The first kappa shape index (κ1) is 10.0. The van der Waals surface area contributed by atoms with Gasteiger partial charge < -0.3 is 9.15 Å². The Morgan fingerprint density at radius 2 is 2.24 bits per heavy atom. The summed E-state index contributed by atoms with van der Waals surface area (Å²) in [7, 11) is 1.62. The zero-order chi connectivity index (χ0) is 11.8. The lowest BCUT2D eigenvalue weighted by Crippen LogP contribution is -2.04. The van der Waals surface area contributed by atoms with E-state index in [1.165, 1.54) is 0 Å². The highest BCUT2D eigenvalue weighted by Crippen LogP contribution is 2.14. The van der Waals surface area contributed by atoms with Crippen LogP contribution in [0, 0.1) is 5.41 Å². The molecule has 2 aromatic heterocycles. The lowest BCUT2D eigenvalue weighted by molar-refractivity contribution is 0.181. The van der Waals surface area contributed by atoms with Crippen molar-refractivity contribution in [3.8, 4) is 0 Å². The molecular weight excluding hydrogens is 218 g/mol. The highest BCUT2D eigenvalue weighted by molar-refractivity contribution is 5.78. The van der Waals surface area contributed by atoms with Crippen LogP contribution in [0.25, 0.3) is 16.6 Å². The Morgan fingerprint density at radius 3 is 3.06 bits per heavy atom. The van der Waals surface area contributed by atoms with E-state index in [1.807, 2.05) is 24.3 Å². The molecule has 0 saturated heterocycles. The zero-order valence-corrected chi connectivity index (χ0v) is 9.30. The largest absolute Gasteiger partial charge is 0.420 e. The molecule has 0 amide bonds. The van der Waals surface area contributed by atoms with Gasteiger partial charge in [-0.1, -0.05) is 12.1 Å². The molecule has 0 spiro atoms. The monoisotopic (exact) mass is 229 g/mol. The third-order valence-corrected chi connectivity index (χ3v) is 2.60. The van der Waals surface area contributed by atoms with Crippen LogP contribution < -0.4 is 5.55 Å². The predicted octanol–water partition coefficient (Wildman–Crippen LogP) is 1.71. The van der Waals surface area contributed by atoms with E-state index in [2.05, 4.69) is 5.10 Å². The normalized spacial score (nSPS) is 11.4. The number of ether oxygens (including phenoxy) is 1. The van der Waals surface area contributed by atoms with Crippen molar-refractivity contribution in [3.05, 3.63) is 41.6 Å². The van der Waals surface area contributed by atoms with E-state index in [9.17, 15) is 0 Å². The molecular formula is C12H11N3O2. The Labute approximate surface area is 96.8 Å². The van der Waals surface area contributed by atoms with Gasteiger partial charge in [-0.3, -0.25) is 5.41 Å². The SMILES string of the molecule is COCc1cc2oc(=N)c3ccccc3n2n1. The number of methoxy groups -OCH3 is 1. The van der Waals surface area contributed by atoms with Crippen LogP contribution in [0.5, 0.6) is 0 Å². The fourth-order valence-corrected chi connectivity index (χ4v) is 1.88. The summed E-state index contributed by atoms with van der Waals surface area (Å²) in [6, 6.07) is 9.34. The van der Waals surface area contributed by atoms with Gasteiger partial charge >= 0.3 is 0 Å². The van der Waals surface area contributed by atoms with Crippen LogP contribution in [0.4, 0.5) is 0 Å². The summed E-state index contributed by atoms with van der Waals surface area (Å²) >= 11 is 0. The lowest BCUT2D eigenvalue weighted by Gasteiger charge is -1.99. The van der Waals surface area contributed by atoms with Crippen molar-refractivity contribution >= 4 is 16.6 Å². The molecule has 17 heavy (non-hydrogen) atoms. The highest BCUT2D eigenvalue weighted by atomic mass is 16.5. The van der Waals surface area contributed by atoms with Crippen LogP contribution in [-0.4, -0.2) is 16.7 Å². The van der Waals surface area contributed by atoms with E-state index >= 15 is 0 Å². The molecule has 5 nitrogen and oxygen atoms in total. The molecule has 1 N–H and O–H groups in total. The highest BCUT2D eigenvalue weighted by Gasteiger charge is 2.08. The molecule has 0 saturated carbocycles. The van der Waals surface area contributed by atoms with E-state index < -0.39 is 0 Å². The number of aromatic nitrogens is 2. The molecule has 0 aliphatic heterocycles. The van der Waals surface area contributed by atoms with E-state index in [0.29, 0.717) is 12.3 Å². The second kappa shape index (κ2) is 3.71. The zero-order valence-electron chi connectivity index (χ0n) is 9.30. The maximum absolute atomic E-state index is 7.82. The Bertz CT molecular complexity index is 742. The second-order valence-electron chi connectivity index (χ2n) is 3.77. The van der Waals surface area contributed by atoms with Crippen molar-refractivity contribution in [3.63, 3.8) is 0 Å². The average molecular weight is 229 g/mol. The van der Waals surface area contributed by atoms with E-state index in [-0.39, 0.29) is 5.55 Å². The predicted molar refractivity (Wildman–Crippen MR) is 61.5 cm³/mol. The molecule has 1 aromatic carbocycles. The Kier molecular flexibility index (Phi) is 2.19. The maximum atomic E-state index is 7.82. The minimum Gasteiger partial charge on any atom is -0.420 e. The van der Waals surface area contributed by atoms with Crippen LogP contribution in [0.15, 0.2) is 34.7 Å². The molecule has 5 heteroatoms. The van der Waals surface area contributed by atoms with Crippen molar-refractivity contribution in [2.45, 2.75) is 6.61 Å². The van der Waals surface area contributed by atoms with Gasteiger partial charge in [0.15, 0.2) is 0 Å².